The van der Waals surface area contributed by atoms with E-state index in [1.165, 1.54) is 57.4 Å². The number of rotatable bonds is 11. The lowest BCUT2D eigenvalue weighted by molar-refractivity contribution is 0.0696. The van der Waals surface area contributed by atoms with Crippen LogP contribution >= 0.6 is 0 Å². The molecule has 0 radical (unpaired) electrons. The van der Waals surface area contributed by atoms with Crippen LogP contribution in [0.25, 0.3) is 28.0 Å². The molecule has 0 amide bonds. The Morgan fingerprint density at radius 1 is 0.778 bits per heavy atom. The highest BCUT2D eigenvalue weighted by Gasteiger charge is 2.46. The minimum absolute atomic E-state index is 0.00672. The lowest BCUT2D eigenvalue weighted by Crippen LogP contribution is -2.54. The van der Waals surface area contributed by atoms with E-state index >= 15 is 0 Å². The van der Waals surface area contributed by atoms with Gasteiger partial charge < -0.3 is 10.0 Å². The highest BCUT2D eigenvalue weighted by Crippen LogP contribution is 2.57. The van der Waals surface area contributed by atoms with Gasteiger partial charge in [-0.1, -0.05) is 87.7 Å². The highest BCUT2D eigenvalue weighted by molar-refractivity contribution is 6.41. The van der Waals surface area contributed by atoms with Gasteiger partial charge in [0.1, 0.15) is 5.66 Å². The van der Waals surface area contributed by atoms with Crippen molar-refractivity contribution in [2.75, 3.05) is 18.0 Å². The molecule has 1 saturated carbocycles. The zero-order valence-electron chi connectivity index (χ0n) is 30.9. The average Bonchev–Trinajstić information content (AvgIpc) is 3.92. The highest BCUT2D eigenvalue weighted by atomic mass is 16.4. The summed E-state index contributed by atoms with van der Waals surface area (Å²) in [6.07, 6.45) is 9.49. The van der Waals surface area contributed by atoms with Crippen LogP contribution in [-0.4, -0.2) is 41.8 Å². The monoisotopic (exact) mass is 715 g/mol. The van der Waals surface area contributed by atoms with Crippen LogP contribution < -0.4 is 15.5 Å². The number of fused-ring (bicyclic) bond motifs is 9. The predicted octanol–water partition coefficient (Wildman–Crippen LogP) is 9.75. The van der Waals surface area contributed by atoms with Crippen molar-refractivity contribution in [1.29, 1.82) is 0 Å². The predicted molar refractivity (Wildman–Crippen MR) is 215 cm³/mol. The normalized spacial score (nSPS) is 19.7. The fraction of sp³-hybridized carbons (Fsp3) is 0.298. The van der Waals surface area contributed by atoms with E-state index in [-0.39, 0.29) is 28.0 Å². The Hall–Kier alpha value is -5.37. The molecule has 9 rings (SSSR count). The number of nitrogens with zero attached hydrogens (tertiary/aromatic N) is 1. The van der Waals surface area contributed by atoms with E-state index in [9.17, 15) is 19.5 Å². The largest absolute Gasteiger partial charge is 0.478 e. The Morgan fingerprint density at radius 3 is 2.24 bits per heavy atom. The first-order chi connectivity index (χ1) is 26.4. The number of carbonyl (C=O) groups excluding carboxylic acids is 2. The van der Waals surface area contributed by atoms with Crippen molar-refractivity contribution in [3.05, 3.63) is 136 Å². The quantitative estimate of drug-likeness (QED) is 0.0542. The summed E-state index contributed by atoms with van der Waals surface area (Å²) in [5, 5.41) is 19.6. The van der Waals surface area contributed by atoms with Gasteiger partial charge in [0.15, 0.2) is 11.6 Å². The van der Waals surface area contributed by atoms with Crippen molar-refractivity contribution in [3.63, 3.8) is 0 Å². The number of nitrogens with one attached hydrogen (secondary N) is 2. The molecular formula is C47H45N3O4. The van der Waals surface area contributed by atoms with Crippen LogP contribution in [-0.2, 0) is 5.66 Å². The molecule has 0 spiro atoms. The molecule has 1 aliphatic heterocycles. The van der Waals surface area contributed by atoms with E-state index in [2.05, 4.69) is 96.1 Å². The standard InChI is InChI=1S/C47H45N3O4/c1-3-5-22-48-47(49-23-6-4-2)40-16-10-9-13-32(40)36-27-30(19-21-41(36)47)50-42-17-11-15-33(42)37-25-29(31-12-7-8-14-34(31)43(37)50)26-39-44(51)35-20-18-28(46(53)54)24-38(35)45(39)52/h7-10,12-14,16,18-21,24-27,33,42,48-49H,3-6,11,15,17,22-23H2,1-2H3,(H,53,54)/b39-26+. The fourth-order valence-corrected chi connectivity index (χ4v) is 9.69. The molecule has 2 atom stereocenters. The van der Waals surface area contributed by atoms with Gasteiger partial charge in [-0.3, -0.25) is 20.2 Å². The number of benzene rings is 5. The van der Waals surface area contributed by atoms with Gasteiger partial charge in [-0.05, 0) is 120 Å². The van der Waals surface area contributed by atoms with E-state index in [4.69, 9.17) is 0 Å². The number of Topliss-reactive ketones (excluding diaryl/α,β-unsaturated/α-hetero) is 2. The maximum Gasteiger partial charge on any atom is 0.335 e. The summed E-state index contributed by atoms with van der Waals surface area (Å²) in [5.74, 6) is -1.60. The lowest BCUT2D eigenvalue weighted by atomic mass is 9.91. The number of hydrogen-bond acceptors (Lipinski definition) is 6. The molecule has 5 aromatic carbocycles. The van der Waals surface area contributed by atoms with Gasteiger partial charge in [0.25, 0.3) is 0 Å². The summed E-state index contributed by atoms with van der Waals surface area (Å²) in [5.41, 5.74) is 9.59. The van der Waals surface area contributed by atoms with Crippen molar-refractivity contribution in [2.24, 2.45) is 0 Å². The molecule has 1 heterocycles. The number of carboxylic acid groups (broad SMARTS) is 1. The number of ketones is 2. The molecule has 54 heavy (non-hydrogen) atoms. The summed E-state index contributed by atoms with van der Waals surface area (Å²) in [6.45, 7) is 6.32. The molecule has 272 valence electrons. The SMILES string of the molecule is CCCCNC1(NCCCC)c2ccccc2-c2cc(N3c4c(cc(/C=C5\C(=O)c6ccc(C(=O)O)cc6C5=O)c5ccccc45)C4CCCC43)ccc21. The van der Waals surface area contributed by atoms with Gasteiger partial charge >= 0.3 is 5.97 Å². The number of allylic oxidation sites excluding steroid dienone is 1. The molecule has 5 aromatic rings. The summed E-state index contributed by atoms with van der Waals surface area (Å²) in [4.78, 5) is 41.5. The Bertz CT molecular complexity index is 2400. The number of unbranched alkanes of at least 4 members (excludes halogenated alkanes) is 2. The maximum atomic E-state index is 13.7. The smallest absolute Gasteiger partial charge is 0.335 e. The second kappa shape index (κ2) is 13.5. The molecule has 1 fully saturated rings. The number of hydrogen-bond donors (Lipinski definition) is 3. The van der Waals surface area contributed by atoms with E-state index < -0.39 is 17.4 Å². The Morgan fingerprint density at radius 2 is 1.48 bits per heavy atom. The first-order valence-electron chi connectivity index (χ1n) is 19.6. The zero-order valence-corrected chi connectivity index (χ0v) is 30.9. The van der Waals surface area contributed by atoms with Gasteiger partial charge in [0.05, 0.1) is 16.8 Å². The van der Waals surface area contributed by atoms with E-state index in [0.29, 0.717) is 12.0 Å². The van der Waals surface area contributed by atoms with E-state index in [1.54, 1.807) is 6.08 Å². The lowest BCUT2D eigenvalue weighted by Gasteiger charge is -2.35. The maximum absolute atomic E-state index is 13.7. The van der Waals surface area contributed by atoms with Crippen molar-refractivity contribution >= 4 is 45.8 Å². The molecule has 0 aromatic heterocycles. The molecular weight excluding hydrogens is 671 g/mol. The summed E-state index contributed by atoms with van der Waals surface area (Å²) >= 11 is 0. The van der Waals surface area contributed by atoms with Crippen LogP contribution in [0.15, 0.2) is 96.6 Å². The summed E-state index contributed by atoms with van der Waals surface area (Å²) in [6, 6.07) is 30.9. The van der Waals surface area contributed by atoms with Crippen molar-refractivity contribution in [1.82, 2.24) is 10.6 Å². The molecule has 0 saturated heterocycles. The number of carboxylic acids is 1. The topological polar surface area (TPSA) is 98.7 Å². The Balaban J connectivity index is 1.17. The first-order valence-corrected chi connectivity index (χ1v) is 19.6. The molecule has 3 N–H and O–H groups in total. The Kier molecular flexibility index (Phi) is 8.59. The van der Waals surface area contributed by atoms with Gasteiger partial charge in [0, 0.05) is 34.2 Å². The van der Waals surface area contributed by atoms with Crippen LogP contribution in [0.5, 0.6) is 0 Å². The molecule has 7 heteroatoms. The third-order valence-corrected chi connectivity index (χ3v) is 12.2. The van der Waals surface area contributed by atoms with Crippen LogP contribution in [0.2, 0.25) is 0 Å². The van der Waals surface area contributed by atoms with Crippen LogP contribution in [0.4, 0.5) is 11.4 Å². The van der Waals surface area contributed by atoms with Crippen LogP contribution in [0.1, 0.15) is 118 Å². The minimum atomic E-state index is -1.13. The van der Waals surface area contributed by atoms with Gasteiger partial charge in [-0.15, -0.1) is 0 Å². The number of anilines is 2. The van der Waals surface area contributed by atoms with Gasteiger partial charge in [-0.2, -0.15) is 0 Å². The van der Waals surface area contributed by atoms with Gasteiger partial charge in [0.2, 0.25) is 0 Å². The van der Waals surface area contributed by atoms with Gasteiger partial charge in [-0.25, -0.2) is 4.79 Å². The average molecular weight is 716 g/mol. The fourth-order valence-electron chi connectivity index (χ4n) is 9.69. The molecule has 0 bridgehead atoms. The molecule has 4 aliphatic rings. The third-order valence-electron chi connectivity index (χ3n) is 12.2. The second-order valence-electron chi connectivity index (χ2n) is 15.3. The third kappa shape index (κ3) is 5.20. The van der Waals surface area contributed by atoms with Crippen molar-refractivity contribution < 1.29 is 19.5 Å². The number of carbonyl (C=O) groups is 3. The van der Waals surface area contributed by atoms with Crippen LogP contribution in [0.3, 0.4) is 0 Å². The second-order valence-corrected chi connectivity index (χ2v) is 15.3. The zero-order chi connectivity index (χ0) is 37.1. The van der Waals surface area contributed by atoms with E-state index in [0.717, 1.165) is 74.4 Å². The number of aromatic carboxylic acids is 1. The van der Waals surface area contributed by atoms with Crippen molar-refractivity contribution in [2.45, 2.75) is 76.4 Å². The van der Waals surface area contributed by atoms with E-state index in [1.807, 2.05) is 6.07 Å². The minimum Gasteiger partial charge on any atom is -0.478 e. The summed E-state index contributed by atoms with van der Waals surface area (Å²) in [7, 11) is 0. The Labute approximate surface area is 316 Å². The molecule has 7 nitrogen and oxygen atoms in total. The summed E-state index contributed by atoms with van der Waals surface area (Å²) < 4.78 is 0. The molecule has 3 aliphatic carbocycles. The first kappa shape index (κ1) is 34.4. The van der Waals surface area contributed by atoms with Crippen molar-refractivity contribution in [3.8, 4) is 11.1 Å². The van der Waals surface area contributed by atoms with Crippen LogP contribution in [0, 0.1) is 0 Å². The molecule has 2 unspecified atom stereocenters.